The van der Waals surface area contributed by atoms with E-state index in [-0.39, 0.29) is 18.6 Å². The van der Waals surface area contributed by atoms with Crippen LogP contribution in [0.15, 0.2) is 96.4 Å². The first-order valence-corrected chi connectivity index (χ1v) is 13.8. The van der Waals surface area contributed by atoms with Gasteiger partial charge >= 0.3 is 11.9 Å². The third kappa shape index (κ3) is 4.03. The largest absolute Gasteiger partial charge is 0.510 e. The van der Waals surface area contributed by atoms with Crippen molar-refractivity contribution < 1.29 is 24.9 Å². The van der Waals surface area contributed by atoms with Crippen LogP contribution in [0, 0.1) is 5.92 Å². The standard InChI is InChI=1S/C33H30N4O5/c1-6-18-14(3)23-13-26-19(7-2)15(4)22(36-26)12-24-16(5)20(8-9-27(38)39)30(37-24)28-29(33(41)42)32(40)21-10-17(34-31(21)28)11-25(18)35-23/h7,10-13,29,34,40H,2,6,8-9H2,1,3-5H3,(H,38,39)(H,41,42). The van der Waals surface area contributed by atoms with Crippen molar-refractivity contribution >= 4 is 46.5 Å². The molecule has 0 amide bonds. The highest BCUT2D eigenvalue weighted by molar-refractivity contribution is 6.34. The zero-order valence-corrected chi connectivity index (χ0v) is 23.8. The van der Waals surface area contributed by atoms with Crippen molar-refractivity contribution in [3.05, 3.63) is 97.7 Å². The molecule has 0 aromatic carbocycles. The van der Waals surface area contributed by atoms with E-state index in [0.717, 1.165) is 51.4 Å². The number of aromatic nitrogens is 1. The quantitative estimate of drug-likeness (QED) is 0.405. The number of aliphatic imine (C=N–C) groups is 3. The minimum Gasteiger partial charge on any atom is -0.510 e. The Kier molecular flexibility index (Phi) is 6.33. The molecule has 1 aromatic heterocycles. The third-order valence-corrected chi connectivity index (χ3v) is 8.48. The zero-order chi connectivity index (χ0) is 30.0. The molecule has 1 aromatic rings. The van der Waals surface area contributed by atoms with Gasteiger partial charge in [-0.2, -0.15) is 0 Å². The van der Waals surface area contributed by atoms with E-state index < -0.39 is 17.9 Å². The second kappa shape index (κ2) is 9.80. The normalized spacial score (nSPS) is 21.0. The Bertz CT molecular complexity index is 1960. The van der Waals surface area contributed by atoms with E-state index in [4.69, 9.17) is 15.0 Å². The lowest BCUT2D eigenvalue weighted by Crippen LogP contribution is -2.26. The van der Waals surface area contributed by atoms with E-state index in [1.165, 1.54) is 0 Å². The van der Waals surface area contributed by atoms with Crippen molar-refractivity contribution in [2.45, 2.75) is 47.0 Å². The summed E-state index contributed by atoms with van der Waals surface area (Å²) in [5.74, 6) is -3.84. The topological polar surface area (TPSA) is 148 Å². The summed E-state index contributed by atoms with van der Waals surface area (Å²) in [7, 11) is 0. The fraction of sp³-hybridized carbons (Fsp3) is 0.242. The van der Waals surface area contributed by atoms with Crippen LogP contribution in [0.5, 0.6) is 0 Å². The van der Waals surface area contributed by atoms with Gasteiger partial charge < -0.3 is 20.3 Å². The van der Waals surface area contributed by atoms with Gasteiger partial charge in [0.25, 0.3) is 0 Å². The highest BCUT2D eigenvalue weighted by Gasteiger charge is 2.39. The van der Waals surface area contributed by atoms with E-state index in [0.29, 0.717) is 44.5 Å². The number of rotatable bonds is 6. The number of aliphatic carboxylic acids is 2. The number of allylic oxidation sites excluding steroid dienone is 8. The van der Waals surface area contributed by atoms with Crippen LogP contribution in [-0.4, -0.2) is 49.4 Å². The molecule has 42 heavy (non-hydrogen) atoms. The van der Waals surface area contributed by atoms with Gasteiger partial charge in [-0.1, -0.05) is 19.6 Å². The van der Waals surface area contributed by atoms with Crippen molar-refractivity contribution in [3.63, 3.8) is 0 Å². The number of carboxylic acid groups (broad SMARTS) is 2. The van der Waals surface area contributed by atoms with Crippen molar-refractivity contribution in [1.29, 1.82) is 0 Å². The molecule has 212 valence electrons. The predicted octanol–water partition coefficient (Wildman–Crippen LogP) is 4.44. The molecule has 6 rings (SSSR count). The van der Waals surface area contributed by atoms with Gasteiger partial charge in [0, 0.05) is 28.5 Å². The maximum absolute atomic E-state index is 12.5. The van der Waals surface area contributed by atoms with Crippen LogP contribution in [0.2, 0.25) is 0 Å². The summed E-state index contributed by atoms with van der Waals surface area (Å²) in [4.78, 5) is 42.2. The second-order valence-electron chi connectivity index (χ2n) is 10.8. The molecule has 8 bridgehead atoms. The molecule has 5 aliphatic rings. The number of nitrogens with one attached hydrogen (secondary N) is 1. The molecule has 0 fully saturated rings. The third-order valence-electron chi connectivity index (χ3n) is 8.48. The van der Waals surface area contributed by atoms with Gasteiger partial charge in [-0.05, 0) is 85.8 Å². The summed E-state index contributed by atoms with van der Waals surface area (Å²) in [5, 5.41) is 31.7. The van der Waals surface area contributed by atoms with Crippen LogP contribution in [0.25, 0.3) is 17.4 Å². The van der Waals surface area contributed by atoms with Crippen molar-refractivity contribution in [2.75, 3.05) is 0 Å². The fourth-order valence-electron chi connectivity index (χ4n) is 6.26. The number of aromatic amines is 1. The SMILES string of the molecule is C=CC1=C(C)C2=NC1=CC1=NC(=Cc3cc4c([nH]3)=C(C3=NC(=C2)C(C)=C3CCC(=O)O)C(C(=O)O)C=4O)C(CC)=C1C. The van der Waals surface area contributed by atoms with Crippen LogP contribution in [0.4, 0.5) is 0 Å². The summed E-state index contributed by atoms with van der Waals surface area (Å²) >= 11 is 0. The molecule has 5 heterocycles. The lowest BCUT2D eigenvalue weighted by atomic mass is 9.89. The Hall–Kier alpha value is -5.05. The Balaban J connectivity index is 1.70. The van der Waals surface area contributed by atoms with E-state index in [2.05, 4.69) is 18.5 Å². The molecule has 9 nitrogen and oxygen atoms in total. The van der Waals surface area contributed by atoms with Crippen LogP contribution < -0.4 is 10.6 Å². The lowest BCUT2D eigenvalue weighted by molar-refractivity contribution is -0.138. The van der Waals surface area contributed by atoms with E-state index in [1.54, 1.807) is 12.1 Å². The first-order chi connectivity index (χ1) is 20.0. The fourth-order valence-corrected chi connectivity index (χ4v) is 6.26. The monoisotopic (exact) mass is 562 g/mol. The van der Waals surface area contributed by atoms with Crippen molar-refractivity contribution in [1.82, 2.24) is 4.98 Å². The molecule has 0 radical (unpaired) electrons. The number of aliphatic hydroxyl groups excluding tert-OH is 1. The number of nitrogens with zero attached hydrogens (tertiary/aromatic N) is 3. The van der Waals surface area contributed by atoms with Gasteiger partial charge in [-0.25, -0.2) is 15.0 Å². The molecule has 0 saturated heterocycles. The molecule has 1 aliphatic carbocycles. The Labute approximate surface area is 241 Å². The number of aliphatic hydroxyl groups is 1. The maximum Gasteiger partial charge on any atom is 0.318 e. The summed E-state index contributed by atoms with van der Waals surface area (Å²) in [6.07, 6.45) is 8.21. The molecule has 1 unspecified atom stereocenters. The predicted molar refractivity (Wildman–Crippen MR) is 163 cm³/mol. The summed E-state index contributed by atoms with van der Waals surface area (Å²) < 4.78 is 0. The lowest BCUT2D eigenvalue weighted by Gasteiger charge is -2.14. The minimum atomic E-state index is -1.35. The van der Waals surface area contributed by atoms with E-state index >= 15 is 0 Å². The van der Waals surface area contributed by atoms with Crippen LogP contribution >= 0.6 is 0 Å². The average molecular weight is 563 g/mol. The molecule has 4 aliphatic heterocycles. The van der Waals surface area contributed by atoms with Gasteiger partial charge in [-0.3, -0.25) is 9.59 Å². The van der Waals surface area contributed by atoms with Crippen LogP contribution in [0.1, 0.15) is 52.7 Å². The highest BCUT2D eigenvalue weighted by atomic mass is 16.4. The van der Waals surface area contributed by atoms with Crippen LogP contribution in [0.3, 0.4) is 0 Å². The van der Waals surface area contributed by atoms with Crippen molar-refractivity contribution in [3.8, 4) is 0 Å². The molecule has 0 spiro atoms. The van der Waals surface area contributed by atoms with Crippen molar-refractivity contribution in [2.24, 2.45) is 20.9 Å². The molecule has 4 N–H and O–H groups in total. The van der Waals surface area contributed by atoms with Crippen LogP contribution in [-0.2, 0) is 9.59 Å². The smallest absolute Gasteiger partial charge is 0.318 e. The number of hydrogen-bond donors (Lipinski definition) is 4. The highest BCUT2D eigenvalue weighted by Crippen LogP contribution is 2.38. The van der Waals surface area contributed by atoms with Gasteiger partial charge in [-0.15, -0.1) is 0 Å². The number of H-pyrrole nitrogens is 1. The minimum absolute atomic E-state index is 0.145. The Morgan fingerprint density at radius 1 is 0.952 bits per heavy atom. The first-order valence-electron chi connectivity index (χ1n) is 13.8. The molecule has 1 atom stereocenters. The molecular formula is C33H30N4O5. The summed E-state index contributed by atoms with van der Waals surface area (Å²) in [6, 6.07) is 1.72. The Morgan fingerprint density at radius 2 is 1.64 bits per heavy atom. The first kappa shape index (κ1) is 27.1. The Morgan fingerprint density at radius 3 is 2.31 bits per heavy atom. The summed E-state index contributed by atoms with van der Waals surface area (Å²) in [5.41, 5.74) is 10.1. The number of carbonyl (C=O) groups is 2. The molecule has 0 saturated carbocycles. The average Bonchev–Trinajstić information content (AvgIpc) is 3.69. The van der Waals surface area contributed by atoms with E-state index in [1.807, 2.05) is 39.0 Å². The number of fused-ring (bicyclic) bond motifs is 5. The maximum atomic E-state index is 12.5. The van der Waals surface area contributed by atoms with Gasteiger partial charge in [0.15, 0.2) is 0 Å². The van der Waals surface area contributed by atoms with E-state index in [9.17, 15) is 24.9 Å². The van der Waals surface area contributed by atoms with Gasteiger partial charge in [0.05, 0.1) is 39.6 Å². The van der Waals surface area contributed by atoms with Gasteiger partial charge in [0.2, 0.25) is 0 Å². The number of carboxylic acids is 2. The number of hydrogen-bond acceptors (Lipinski definition) is 6. The zero-order valence-electron chi connectivity index (χ0n) is 23.8. The van der Waals surface area contributed by atoms with Gasteiger partial charge in [0.1, 0.15) is 11.7 Å². The summed E-state index contributed by atoms with van der Waals surface area (Å²) in [6.45, 7) is 11.9. The molecular weight excluding hydrogens is 532 g/mol. The second-order valence-corrected chi connectivity index (χ2v) is 10.8. The molecule has 9 heteroatoms.